The molecule has 124 valence electrons. The number of amides is 1. The van der Waals surface area contributed by atoms with Crippen molar-refractivity contribution in [3.8, 4) is 0 Å². The Hall–Kier alpha value is -1.37. The Morgan fingerprint density at radius 2 is 1.74 bits per heavy atom. The van der Waals surface area contributed by atoms with Gasteiger partial charge in [-0.25, -0.2) is 0 Å². The molecule has 2 fully saturated rings. The molecule has 6 heteroatoms. The smallest absolute Gasteiger partial charge is 0.399 e. The van der Waals surface area contributed by atoms with Crippen LogP contribution in [0.4, 0.5) is 0 Å². The SMILES string of the molecule is CC1(C)OB(c2ccc(C(=O)NC3CCOC3)cc2)OC1(C)C. The first-order valence-electron chi connectivity index (χ1n) is 8.13. The van der Waals surface area contributed by atoms with E-state index >= 15 is 0 Å². The molecular weight excluding hydrogens is 293 g/mol. The third-order valence-corrected chi connectivity index (χ3v) is 4.96. The van der Waals surface area contributed by atoms with Crippen molar-refractivity contribution in [1.29, 1.82) is 0 Å². The van der Waals surface area contributed by atoms with Crippen molar-refractivity contribution >= 4 is 18.5 Å². The molecule has 1 atom stereocenters. The lowest BCUT2D eigenvalue weighted by Gasteiger charge is -2.32. The van der Waals surface area contributed by atoms with Gasteiger partial charge in [-0.05, 0) is 51.7 Å². The van der Waals surface area contributed by atoms with Gasteiger partial charge >= 0.3 is 7.12 Å². The number of ether oxygens (including phenoxy) is 1. The Morgan fingerprint density at radius 3 is 2.26 bits per heavy atom. The minimum absolute atomic E-state index is 0.0685. The van der Waals surface area contributed by atoms with Crippen molar-refractivity contribution in [3.63, 3.8) is 0 Å². The molecule has 5 nitrogen and oxygen atoms in total. The van der Waals surface area contributed by atoms with Crippen molar-refractivity contribution in [3.05, 3.63) is 29.8 Å². The Morgan fingerprint density at radius 1 is 1.13 bits per heavy atom. The van der Waals surface area contributed by atoms with E-state index in [4.69, 9.17) is 14.0 Å². The van der Waals surface area contributed by atoms with Crippen LogP contribution in [0.3, 0.4) is 0 Å². The molecule has 0 spiro atoms. The average molecular weight is 317 g/mol. The molecule has 1 unspecified atom stereocenters. The van der Waals surface area contributed by atoms with Gasteiger partial charge in [0, 0.05) is 12.2 Å². The van der Waals surface area contributed by atoms with Crippen molar-refractivity contribution in [1.82, 2.24) is 5.32 Å². The van der Waals surface area contributed by atoms with Crippen LogP contribution in [0.5, 0.6) is 0 Å². The summed E-state index contributed by atoms with van der Waals surface area (Å²) in [5, 5.41) is 2.98. The van der Waals surface area contributed by atoms with Gasteiger partial charge in [-0.2, -0.15) is 0 Å². The van der Waals surface area contributed by atoms with Crippen molar-refractivity contribution in [2.45, 2.75) is 51.4 Å². The zero-order valence-corrected chi connectivity index (χ0v) is 14.2. The van der Waals surface area contributed by atoms with Gasteiger partial charge in [0.05, 0.1) is 23.9 Å². The number of rotatable bonds is 3. The lowest BCUT2D eigenvalue weighted by atomic mass is 9.79. The van der Waals surface area contributed by atoms with Gasteiger partial charge in [-0.3, -0.25) is 4.79 Å². The maximum Gasteiger partial charge on any atom is 0.494 e. The summed E-state index contributed by atoms with van der Waals surface area (Å²) in [6, 6.07) is 7.52. The summed E-state index contributed by atoms with van der Waals surface area (Å²) in [7, 11) is -0.402. The van der Waals surface area contributed by atoms with Crippen LogP contribution in [-0.4, -0.2) is 43.5 Å². The molecule has 1 aromatic carbocycles. The second-order valence-corrected chi connectivity index (χ2v) is 7.24. The van der Waals surface area contributed by atoms with Gasteiger partial charge in [-0.15, -0.1) is 0 Å². The summed E-state index contributed by atoms with van der Waals surface area (Å²) < 4.78 is 17.3. The van der Waals surface area contributed by atoms with Crippen molar-refractivity contribution in [2.75, 3.05) is 13.2 Å². The molecule has 0 radical (unpaired) electrons. The summed E-state index contributed by atoms with van der Waals surface area (Å²) in [5.41, 5.74) is 0.827. The van der Waals surface area contributed by atoms with Crippen LogP contribution in [0.15, 0.2) is 24.3 Å². The largest absolute Gasteiger partial charge is 0.494 e. The molecular formula is C17H24BNO4. The molecule has 0 bridgehead atoms. The minimum atomic E-state index is -0.402. The molecule has 1 aromatic rings. The van der Waals surface area contributed by atoms with Gasteiger partial charge < -0.3 is 19.4 Å². The number of hydrogen-bond acceptors (Lipinski definition) is 4. The molecule has 2 aliphatic heterocycles. The molecule has 1 amide bonds. The number of nitrogens with one attached hydrogen (secondary N) is 1. The fourth-order valence-corrected chi connectivity index (χ4v) is 2.69. The van der Waals surface area contributed by atoms with Gasteiger partial charge in [-0.1, -0.05) is 12.1 Å². The van der Waals surface area contributed by atoms with Crippen LogP contribution in [0, 0.1) is 0 Å². The van der Waals surface area contributed by atoms with E-state index < -0.39 is 7.12 Å². The number of benzene rings is 1. The Kier molecular flexibility index (Phi) is 4.25. The van der Waals surface area contributed by atoms with E-state index in [2.05, 4.69) is 5.32 Å². The highest BCUT2D eigenvalue weighted by Crippen LogP contribution is 2.36. The molecule has 0 aliphatic carbocycles. The average Bonchev–Trinajstić information content (AvgIpc) is 3.05. The molecule has 2 aliphatic rings. The lowest BCUT2D eigenvalue weighted by molar-refractivity contribution is 0.00578. The zero-order chi connectivity index (χ0) is 16.7. The van der Waals surface area contributed by atoms with Gasteiger partial charge in [0.2, 0.25) is 0 Å². The summed E-state index contributed by atoms with van der Waals surface area (Å²) in [6.45, 7) is 9.41. The molecule has 3 rings (SSSR count). The predicted molar refractivity (Wildman–Crippen MR) is 88.8 cm³/mol. The monoisotopic (exact) mass is 317 g/mol. The first-order valence-corrected chi connectivity index (χ1v) is 8.13. The van der Waals surface area contributed by atoms with Crippen LogP contribution in [-0.2, 0) is 14.0 Å². The second-order valence-electron chi connectivity index (χ2n) is 7.24. The highest BCUT2D eigenvalue weighted by molar-refractivity contribution is 6.62. The first kappa shape index (κ1) is 16.5. The predicted octanol–water partition coefficient (Wildman–Crippen LogP) is 1.50. The second kappa shape index (κ2) is 5.93. The van der Waals surface area contributed by atoms with E-state index in [9.17, 15) is 4.79 Å². The van der Waals surface area contributed by atoms with Gasteiger partial charge in [0.1, 0.15) is 0 Å². The number of hydrogen-bond donors (Lipinski definition) is 1. The molecule has 0 aromatic heterocycles. The van der Waals surface area contributed by atoms with E-state index in [1.54, 1.807) is 0 Å². The Balaban J connectivity index is 1.67. The minimum Gasteiger partial charge on any atom is -0.399 e. The van der Waals surface area contributed by atoms with E-state index in [1.165, 1.54) is 0 Å². The summed E-state index contributed by atoms with van der Waals surface area (Å²) >= 11 is 0. The van der Waals surface area contributed by atoms with Crippen LogP contribution < -0.4 is 10.8 Å². The molecule has 2 saturated heterocycles. The molecule has 1 N–H and O–H groups in total. The standard InChI is InChI=1S/C17H24BNO4/c1-16(2)17(3,4)23-18(22-16)13-7-5-12(6-8-13)15(20)19-14-9-10-21-11-14/h5-8,14H,9-11H2,1-4H3,(H,19,20). The fraction of sp³-hybridized carbons (Fsp3) is 0.588. The van der Waals surface area contributed by atoms with Crippen molar-refractivity contribution in [2.24, 2.45) is 0 Å². The topological polar surface area (TPSA) is 56.8 Å². The third kappa shape index (κ3) is 3.29. The lowest BCUT2D eigenvalue weighted by Crippen LogP contribution is -2.41. The van der Waals surface area contributed by atoms with Crippen LogP contribution in [0.25, 0.3) is 0 Å². The van der Waals surface area contributed by atoms with Crippen LogP contribution in [0.2, 0.25) is 0 Å². The zero-order valence-electron chi connectivity index (χ0n) is 14.2. The van der Waals surface area contributed by atoms with Crippen molar-refractivity contribution < 1.29 is 18.8 Å². The van der Waals surface area contributed by atoms with Crippen LogP contribution >= 0.6 is 0 Å². The number of carbonyl (C=O) groups is 1. The van der Waals surface area contributed by atoms with E-state index in [1.807, 2.05) is 52.0 Å². The highest BCUT2D eigenvalue weighted by atomic mass is 16.7. The Labute approximate surface area is 137 Å². The van der Waals surface area contributed by atoms with E-state index in [0.717, 1.165) is 11.9 Å². The third-order valence-electron chi connectivity index (χ3n) is 4.96. The Bertz CT molecular complexity index is 563. The first-order chi connectivity index (χ1) is 10.8. The van der Waals surface area contributed by atoms with E-state index in [0.29, 0.717) is 18.8 Å². The summed E-state index contributed by atoms with van der Waals surface area (Å²) in [6.07, 6.45) is 0.873. The molecule has 2 heterocycles. The van der Waals surface area contributed by atoms with Gasteiger partial charge in [0.15, 0.2) is 0 Å². The number of carbonyl (C=O) groups excluding carboxylic acids is 1. The fourth-order valence-electron chi connectivity index (χ4n) is 2.69. The maximum atomic E-state index is 12.2. The maximum absolute atomic E-state index is 12.2. The highest BCUT2D eigenvalue weighted by Gasteiger charge is 2.51. The molecule has 0 saturated carbocycles. The summed E-state index contributed by atoms with van der Waals surface area (Å²) in [5.74, 6) is -0.0685. The van der Waals surface area contributed by atoms with E-state index in [-0.39, 0.29) is 23.2 Å². The summed E-state index contributed by atoms with van der Waals surface area (Å²) in [4.78, 5) is 12.2. The van der Waals surface area contributed by atoms with Gasteiger partial charge in [0.25, 0.3) is 5.91 Å². The normalized spacial score (nSPS) is 25.6. The van der Waals surface area contributed by atoms with Crippen LogP contribution in [0.1, 0.15) is 44.5 Å². The molecule has 23 heavy (non-hydrogen) atoms. The quantitative estimate of drug-likeness (QED) is 0.859.